The van der Waals surface area contributed by atoms with Crippen molar-refractivity contribution in [3.63, 3.8) is 0 Å². The predicted octanol–water partition coefficient (Wildman–Crippen LogP) is 3.70. The monoisotopic (exact) mass is 318 g/mol. The van der Waals surface area contributed by atoms with E-state index in [1.807, 2.05) is 6.92 Å². The van der Waals surface area contributed by atoms with Crippen LogP contribution in [-0.4, -0.2) is 18.7 Å². The normalized spacial score (nSPS) is 12.0. The van der Waals surface area contributed by atoms with Gasteiger partial charge in [-0.05, 0) is 41.4 Å². The van der Waals surface area contributed by atoms with E-state index < -0.39 is 17.9 Å². The summed E-state index contributed by atoms with van der Waals surface area (Å²) in [6.07, 6.45) is 0.634. The third kappa shape index (κ3) is 4.29. The second-order valence-corrected chi connectivity index (χ2v) is 4.58. The van der Waals surface area contributed by atoms with Gasteiger partial charge in [-0.25, -0.2) is 9.18 Å². The van der Waals surface area contributed by atoms with Crippen LogP contribution >= 0.6 is 15.9 Å². The summed E-state index contributed by atoms with van der Waals surface area (Å²) < 4.78 is 24.1. The van der Waals surface area contributed by atoms with E-state index >= 15 is 0 Å². The van der Waals surface area contributed by atoms with Crippen LogP contribution in [0.5, 0.6) is 5.75 Å². The molecule has 1 unspecified atom stereocenters. The fraction of sp³-hybridized carbons (Fsp3) is 0.462. The van der Waals surface area contributed by atoms with E-state index in [9.17, 15) is 9.18 Å². The molecule has 100 valence electrons. The third-order valence-corrected chi connectivity index (χ3v) is 2.91. The number of carbonyl (C=O) groups excluding carboxylic acids is 1. The van der Waals surface area contributed by atoms with Gasteiger partial charge in [0.15, 0.2) is 6.10 Å². The molecule has 0 bridgehead atoms. The highest BCUT2D eigenvalue weighted by Gasteiger charge is 2.21. The first-order chi connectivity index (χ1) is 8.58. The molecule has 0 amide bonds. The molecule has 1 aromatic rings. The molecular weight excluding hydrogens is 303 g/mol. The maximum atomic E-state index is 13.3. The standard InChI is InChI=1S/C13H16BrFO3/c1-3-5-12(13(16)17-4-2)18-9-6-7-10(14)11(15)8-9/h6-8,12H,3-5H2,1-2H3. The molecular formula is C13H16BrFO3. The molecule has 0 saturated carbocycles. The molecule has 5 heteroatoms. The van der Waals surface area contributed by atoms with Crippen molar-refractivity contribution < 1.29 is 18.7 Å². The third-order valence-electron chi connectivity index (χ3n) is 2.27. The zero-order chi connectivity index (χ0) is 13.5. The Kier molecular flexibility index (Phi) is 6.12. The van der Waals surface area contributed by atoms with Crippen LogP contribution in [0.3, 0.4) is 0 Å². The minimum absolute atomic E-state index is 0.303. The van der Waals surface area contributed by atoms with E-state index in [1.54, 1.807) is 19.1 Å². The molecule has 1 aromatic carbocycles. The van der Waals surface area contributed by atoms with Gasteiger partial charge in [-0.2, -0.15) is 0 Å². The summed E-state index contributed by atoms with van der Waals surface area (Å²) in [5.41, 5.74) is 0. The Hall–Kier alpha value is -1.10. The summed E-state index contributed by atoms with van der Waals surface area (Å²) in [6, 6.07) is 4.39. The van der Waals surface area contributed by atoms with Gasteiger partial charge in [-0.1, -0.05) is 13.3 Å². The summed E-state index contributed by atoms with van der Waals surface area (Å²) >= 11 is 3.06. The number of benzene rings is 1. The lowest BCUT2D eigenvalue weighted by molar-refractivity contribution is -0.151. The van der Waals surface area contributed by atoms with E-state index in [2.05, 4.69) is 15.9 Å². The van der Waals surface area contributed by atoms with Gasteiger partial charge in [0.2, 0.25) is 0 Å². The van der Waals surface area contributed by atoms with Crippen LogP contribution in [0.2, 0.25) is 0 Å². The van der Waals surface area contributed by atoms with Crippen molar-refractivity contribution in [1.29, 1.82) is 0 Å². The minimum atomic E-state index is -0.685. The van der Waals surface area contributed by atoms with Gasteiger partial charge < -0.3 is 9.47 Å². The maximum absolute atomic E-state index is 13.3. The van der Waals surface area contributed by atoms with Crippen molar-refractivity contribution in [2.75, 3.05) is 6.61 Å². The molecule has 0 spiro atoms. The lowest BCUT2D eigenvalue weighted by atomic mass is 10.2. The zero-order valence-corrected chi connectivity index (χ0v) is 12.0. The Morgan fingerprint density at radius 3 is 2.72 bits per heavy atom. The van der Waals surface area contributed by atoms with Gasteiger partial charge in [0, 0.05) is 6.07 Å². The van der Waals surface area contributed by atoms with Gasteiger partial charge in [-0.15, -0.1) is 0 Å². The molecule has 1 atom stereocenters. The molecule has 1 rings (SSSR count). The molecule has 0 fully saturated rings. The molecule has 0 saturated heterocycles. The lowest BCUT2D eigenvalue weighted by Crippen LogP contribution is -2.29. The van der Waals surface area contributed by atoms with Crippen LogP contribution in [0.4, 0.5) is 4.39 Å². The molecule has 0 heterocycles. The van der Waals surface area contributed by atoms with E-state index in [0.29, 0.717) is 23.2 Å². The Morgan fingerprint density at radius 2 is 2.17 bits per heavy atom. The van der Waals surface area contributed by atoms with Gasteiger partial charge in [0.25, 0.3) is 0 Å². The van der Waals surface area contributed by atoms with Crippen molar-refractivity contribution in [3.05, 3.63) is 28.5 Å². The second-order valence-electron chi connectivity index (χ2n) is 3.72. The Bertz CT molecular complexity index is 409. The van der Waals surface area contributed by atoms with Crippen molar-refractivity contribution in [3.8, 4) is 5.75 Å². The average molecular weight is 319 g/mol. The first kappa shape index (κ1) is 15.0. The van der Waals surface area contributed by atoms with E-state index in [-0.39, 0.29) is 0 Å². The molecule has 3 nitrogen and oxygen atoms in total. The molecule has 0 aliphatic carbocycles. The number of esters is 1. The van der Waals surface area contributed by atoms with Crippen LogP contribution in [-0.2, 0) is 9.53 Å². The zero-order valence-electron chi connectivity index (χ0n) is 10.4. The predicted molar refractivity (Wildman–Crippen MR) is 70.1 cm³/mol. The topological polar surface area (TPSA) is 35.5 Å². The fourth-order valence-electron chi connectivity index (χ4n) is 1.44. The molecule has 0 radical (unpaired) electrons. The quantitative estimate of drug-likeness (QED) is 0.750. The first-order valence-corrected chi connectivity index (χ1v) is 6.66. The van der Waals surface area contributed by atoms with Gasteiger partial charge in [-0.3, -0.25) is 0 Å². The van der Waals surface area contributed by atoms with E-state index in [4.69, 9.17) is 9.47 Å². The van der Waals surface area contributed by atoms with Gasteiger partial charge >= 0.3 is 5.97 Å². The number of carbonyl (C=O) groups is 1. The molecule has 0 aliphatic heterocycles. The summed E-state index contributed by atoms with van der Waals surface area (Å²) in [5, 5.41) is 0. The molecule has 0 aliphatic rings. The fourth-order valence-corrected chi connectivity index (χ4v) is 1.68. The second kappa shape index (κ2) is 7.36. The van der Waals surface area contributed by atoms with E-state index in [0.717, 1.165) is 6.42 Å². The molecule has 0 aromatic heterocycles. The number of halogens is 2. The number of hydrogen-bond donors (Lipinski definition) is 0. The van der Waals surface area contributed by atoms with Crippen molar-refractivity contribution in [2.24, 2.45) is 0 Å². The first-order valence-electron chi connectivity index (χ1n) is 5.86. The smallest absolute Gasteiger partial charge is 0.347 e. The van der Waals surface area contributed by atoms with Crippen molar-refractivity contribution >= 4 is 21.9 Å². The highest BCUT2D eigenvalue weighted by Crippen LogP contribution is 2.22. The summed E-state index contributed by atoms with van der Waals surface area (Å²) in [7, 11) is 0. The number of hydrogen-bond acceptors (Lipinski definition) is 3. The van der Waals surface area contributed by atoms with Crippen LogP contribution < -0.4 is 4.74 Å². The summed E-state index contributed by atoms with van der Waals surface area (Å²) in [5.74, 6) is -0.517. The lowest BCUT2D eigenvalue weighted by Gasteiger charge is -2.17. The largest absolute Gasteiger partial charge is 0.479 e. The number of rotatable bonds is 6. The van der Waals surface area contributed by atoms with E-state index in [1.165, 1.54) is 6.07 Å². The van der Waals surface area contributed by atoms with Crippen molar-refractivity contribution in [1.82, 2.24) is 0 Å². The molecule has 0 N–H and O–H groups in total. The Balaban J connectivity index is 2.76. The number of ether oxygens (including phenoxy) is 2. The summed E-state index contributed by atoms with van der Waals surface area (Å²) in [6.45, 7) is 3.98. The Morgan fingerprint density at radius 1 is 1.44 bits per heavy atom. The van der Waals surface area contributed by atoms with Crippen molar-refractivity contribution in [2.45, 2.75) is 32.8 Å². The maximum Gasteiger partial charge on any atom is 0.347 e. The van der Waals surface area contributed by atoms with Gasteiger partial charge in [0.05, 0.1) is 11.1 Å². The highest BCUT2D eigenvalue weighted by atomic mass is 79.9. The highest BCUT2D eigenvalue weighted by molar-refractivity contribution is 9.10. The SMILES string of the molecule is CCCC(Oc1ccc(Br)c(F)c1)C(=O)OCC. The van der Waals surface area contributed by atoms with Crippen LogP contribution in [0.25, 0.3) is 0 Å². The minimum Gasteiger partial charge on any atom is -0.479 e. The Labute approximate surface area is 114 Å². The molecule has 18 heavy (non-hydrogen) atoms. The average Bonchev–Trinajstić information content (AvgIpc) is 2.33. The van der Waals surface area contributed by atoms with Crippen LogP contribution in [0.15, 0.2) is 22.7 Å². The van der Waals surface area contributed by atoms with Crippen LogP contribution in [0.1, 0.15) is 26.7 Å². The van der Waals surface area contributed by atoms with Crippen LogP contribution in [0, 0.1) is 5.82 Å². The summed E-state index contributed by atoms with van der Waals surface area (Å²) in [4.78, 5) is 11.6. The van der Waals surface area contributed by atoms with Gasteiger partial charge in [0.1, 0.15) is 11.6 Å².